The van der Waals surface area contributed by atoms with E-state index in [1.807, 2.05) is 10.6 Å². The maximum absolute atomic E-state index is 10.6. The number of nitrogens with one attached hydrogen (secondary N) is 2. The van der Waals surface area contributed by atoms with Gasteiger partial charge in [0.25, 0.3) is 0 Å². The first-order valence-corrected chi connectivity index (χ1v) is 8.02. The average molecular weight is 301 g/mol. The zero-order valence-electron chi connectivity index (χ0n) is 13.1. The standard InChI is InChI=1S/C16H23N5O/c1-3-11(2)14-9-16(21-15(20-14)6-7-18-21)19-13-5-4-12(8-13)17-10-22/h6-7,9-13,19H,3-5,8H2,1-2H3,(H,17,22)/t11?,12-,13-/m1/s1. The van der Waals surface area contributed by atoms with E-state index in [1.54, 1.807) is 6.20 Å². The Hall–Kier alpha value is -2.11. The molecule has 0 aliphatic heterocycles. The van der Waals surface area contributed by atoms with Crippen molar-refractivity contribution < 1.29 is 4.79 Å². The van der Waals surface area contributed by atoms with Gasteiger partial charge < -0.3 is 10.6 Å². The Balaban J connectivity index is 1.83. The Morgan fingerprint density at radius 1 is 1.45 bits per heavy atom. The summed E-state index contributed by atoms with van der Waals surface area (Å²) in [4.78, 5) is 15.3. The van der Waals surface area contributed by atoms with E-state index in [0.29, 0.717) is 12.0 Å². The van der Waals surface area contributed by atoms with Gasteiger partial charge in [0.1, 0.15) is 5.82 Å². The summed E-state index contributed by atoms with van der Waals surface area (Å²) in [5, 5.41) is 10.8. The molecule has 2 N–H and O–H groups in total. The molecule has 2 aromatic rings. The van der Waals surface area contributed by atoms with Gasteiger partial charge in [0, 0.05) is 29.9 Å². The van der Waals surface area contributed by atoms with Gasteiger partial charge >= 0.3 is 0 Å². The van der Waals surface area contributed by atoms with Crippen LogP contribution in [0.3, 0.4) is 0 Å². The van der Waals surface area contributed by atoms with Crippen molar-refractivity contribution in [2.75, 3.05) is 5.32 Å². The molecule has 1 aliphatic rings. The molecule has 22 heavy (non-hydrogen) atoms. The molecule has 0 saturated heterocycles. The Kier molecular flexibility index (Phi) is 4.27. The molecule has 6 heteroatoms. The van der Waals surface area contributed by atoms with E-state index in [2.05, 4.69) is 40.6 Å². The van der Waals surface area contributed by atoms with Crippen LogP contribution >= 0.6 is 0 Å². The molecule has 1 aliphatic carbocycles. The van der Waals surface area contributed by atoms with Crippen molar-refractivity contribution in [3.63, 3.8) is 0 Å². The third-order valence-electron chi connectivity index (χ3n) is 4.58. The van der Waals surface area contributed by atoms with Crippen molar-refractivity contribution >= 4 is 17.9 Å². The van der Waals surface area contributed by atoms with Gasteiger partial charge in [-0.05, 0) is 31.6 Å². The Morgan fingerprint density at radius 3 is 3.05 bits per heavy atom. The van der Waals surface area contributed by atoms with Crippen molar-refractivity contribution in [3.05, 3.63) is 24.0 Å². The van der Waals surface area contributed by atoms with Crippen molar-refractivity contribution in [1.29, 1.82) is 0 Å². The number of hydrogen-bond acceptors (Lipinski definition) is 4. The van der Waals surface area contributed by atoms with Gasteiger partial charge in [0.05, 0.1) is 6.20 Å². The minimum absolute atomic E-state index is 0.277. The first-order valence-electron chi connectivity index (χ1n) is 8.02. The number of fused-ring (bicyclic) bond motifs is 1. The fourth-order valence-corrected chi connectivity index (χ4v) is 3.07. The van der Waals surface area contributed by atoms with Crippen LogP contribution in [0.15, 0.2) is 18.3 Å². The summed E-state index contributed by atoms with van der Waals surface area (Å²) in [6.45, 7) is 4.37. The van der Waals surface area contributed by atoms with E-state index in [-0.39, 0.29) is 6.04 Å². The van der Waals surface area contributed by atoms with Crippen LogP contribution in [-0.4, -0.2) is 33.1 Å². The predicted molar refractivity (Wildman–Crippen MR) is 85.9 cm³/mol. The molecule has 2 aromatic heterocycles. The molecule has 0 bridgehead atoms. The number of nitrogens with zero attached hydrogens (tertiary/aromatic N) is 3. The van der Waals surface area contributed by atoms with Gasteiger partial charge in [-0.25, -0.2) is 4.98 Å². The summed E-state index contributed by atoms with van der Waals surface area (Å²) in [5.74, 6) is 1.41. The number of hydrogen-bond donors (Lipinski definition) is 2. The molecule has 1 fully saturated rings. The van der Waals surface area contributed by atoms with Crippen molar-refractivity contribution in [2.45, 2.75) is 57.5 Å². The average Bonchev–Trinajstić information content (AvgIpc) is 3.16. The zero-order valence-corrected chi connectivity index (χ0v) is 13.1. The van der Waals surface area contributed by atoms with Gasteiger partial charge in [-0.3, -0.25) is 4.79 Å². The third-order valence-corrected chi connectivity index (χ3v) is 4.58. The second-order valence-electron chi connectivity index (χ2n) is 6.11. The van der Waals surface area contributed by atoms with E-state index in [1.165, 1.54) is 0 Å². The Labute approximate surface area is 130 Å². The molecule has 0 aromatic carbocycles. The number of aromatic nitrogens is 3. The van der Waals surface area contributed by atoms with Crippen LogP contribution in [0.2, 0.25) is 0 Å². The maximum atomic E-state index is 10.6. The highest BCUT2D eigenvalue weighted by atomic mass is 16.1. The molecular weight excluding hydrogens is 278 g/mol. The largest absolute Gasteiger partial charge is 0.367 e. The van der Waals surface area contributed by atoms with Crippen LogP contribution in [-0.2, 0) is 4.79 Å². The van der Waals surface area contributed by atoms with Gasteiger partial charge in [0.2, 0.25) is 6.41 Å². The minimum Gasteiger partial charge on any atom is -0.367 e. The lowest BCUT2D eigenvalue weighted by atomic mass is 10.0. The minimum atomic E-state index is 0.277. The van der Waals surface area contributed by atoms with E-state index < -0.39 is 0 Å². The number of carbonyl (C=O) groups excluding carboxylic acids is 1. The van der Waals surface area contributed by atoms with E-state index >= 15 is 0 Å². The molecule has 3 atom stereocenters. The van der Waals surface area contributed by atoms with Crippen LogP contribution < -0.4 is 10.6 Å². The molecule has 3 rings (SSSR count). The number of carbonyl (C=O) groups is 1. The van der Waals surface area contributed by atoms with Crippen LogP contribution in [0.1, 0.15) is 51.1 Å². The second-order valence-corrected chi connectivity index (χ2v) is 6.11. The molecule has 0 radical (unpaired) electrons. The summed E-state index contributed by atoms with van der Waals surface area (Å²) in [5.41, 5.74) is 1.97. The van der Waals surface area contributed by atoms with Gasteiger partial charge in [-0.2, -0.15) is 9.61 Å². The molecule has 2 heterocycles. The molecule has 1 unspecified atom stereocenters. The van der Waals surface area contributed by atoms with Gasteiger partial charge in [-0.1, -0.05) is 13.8 Å². The van der Waals surface area contributed by atoms with Gasteiger partial charge in [-0.15, -0.1) is 0 Å². The van der Waals surface area contributed by atoms with Crippen molar-refractivity contribution in [2.24, 2.45) is 0 Å². The normalized spacial score (nSPS) is 22.6. The van der Waals surface area contributed by atoms with Crippen molar-refractivity contribution in [1.82, 2.24) is 19.9 Å². The fourth-order valence-electron chi connectivity index (χ4n) is 3.07. The molecule has 1 amide bonds. The lowest BCUT2D eigenvalue weighted by molar-refractivity contribution is -0.110. The lowest BCUT2D eigenvalue weighted by Crippen LogP contribution is -2.27. The SMILES string of the molecule is CCC(C)c1cc(N[C@@H]2CC[C@@H](NC=O)C2)n2nccc2n1. The van der Waals surface area contributed by atoms with E-state index in [0.717, 1.165) is 49.3 Å². The molecule has 1 saturated carbocycles. The van der Waals surface area contributed by atoms with Crippen LogP contribution in [0.4, 0.5) is 5.82 Å². The highest BCUT2D eigenvalue weighted by Crippen LogP contribution is 2.26. The van der Waals surface area contributed by atoms with E-state index in [9.17, 15) is 4.79 Å². The Bertz CT molecular complexity index is 653. The second kappa shape index (κ2) is 6.34. The first-order chi connectivity index (χ1) is 10.7. The van der Waals surface area contributed by atoms with Crippen LogP contribution in [0.25, 0.3) is 5.65 Å². The fraction of sp³-hybridized carbons (Fsp3) is 0.562. The van der Waals surface area contributed by atoms with Crippen molar-refractivity contribution in [3.8, 4) is 0 Å². The highest BCUT2D eigenvalue weighted by molar-refractivity contribution is 5.50. The maximum Gasteiger partial charge on any atom is 0.207 e. The lowest BCUT2D eigenvalue weighted by Gasteiger charge is -2.17. The zero-order chi connectivity index (χ0) is 15.5. The molecule has 6 nitrogen and oxygen atoms in total. The summed E-state index contributed by atoms with van der Waals surface area (Å²) >= 11 is 0. The summed E-state index contributed by atoms with van der Waals surface area (Å²) < 4.78 is 1.85. The highest BCUT2D eigenvalue weighted by Gasteiger charge is 2.25. The third kappa shape index (κ3) is 2.91. The smallest absolute Gasteiger partial charge is 0.207 e. The summed E-state index contributed by atoms with van der Waals surface area (Å²) in [6.07, 6.45) is 6.65. The van der Waals surface area contributed by atoms with E-state index in [4.69, 9.17) is 0 Å². The monoisotopic (exact) mass is 301 g/mol. The first kappa shape index (κ1) is 14.8. The van der Waals surface area contributed by atoms with Crippen LogP contribution in [0, 0.1) is 0 Å². The molecule has 0 spiro atoms. The van der Waals surface area contributed by atoms with Crippen LogP contribution in [0.5, 0.6) is 0 Å². The number of amides is 1. The summed E-state index contributed by atoms with van der Waals surface area (Å²) in [7, 11) is 0. The predicted octanol–water partition coefficient (Wildman–Crippen LogP) is 2.32. The Morgan fingerprint density at radius 2 is 2.27 bits per heavy atom. The van der Waals surface area contributed by atoms with Gasteiger partial charge in [0.15, 0.2) is 5.65 Å². The molecular formula is C16H23N5O. The quantitative estimate of drug-likeness (QED) is 0.803. The topological polar surface area (TPSA) is 71.3 Å². The number of anilines is 1. The summed E-state index contributed by atoms with van der Waals surface area (Å²) in [6, 6.07) is 4.67. The number of rotatable bonds is 6. The molecule has 118 valence electrons.